The lowest BCUT2D eigenvalue weighted by Crippen LogP contribution is -2.56. The van der Waals surface area contributed by atoms with Gasteiger partial charge in [0.15, 0.2) is 0 Å². The maximum absolute atomic E-state index is 13.4. The van der Waals surface area contributed by atoms with E-state index in [1.165, 1.54) is 22.3 Å². The maximum atomic E-state index is 13.4. The van der Waals surface area contributed by atoms with Crippen LogP contribution in [0.15, 0.2) is 66.7 Å². The second-order valence-electron chi connectivity index (χ2n) is 10.5. The number of fused-ring (bicyclic) bond motifs is 5. The second kappa shape index (κ2) is 9.53. The minimum atomic E-state index is -0.224. The van der Waals surface area contributed by atoms with Crippen molar-refractivity contribution in [2.75, 3.05) is 6.61 Å². The van der Waals surface area contributed by atoms with E-state index in [1.54, 1.807) is 0 Å². The van der Waals surface area contributed by atoms with Gasteiger partial charge < -0.3 is 9.64 Å². The van der Waals surface area contributed by atoms with E-state index in [2.05, 4.69) is 53.5 Å². The summed E-state index contributed by atoms with van der Waals surface area (Å²) in [4.78, 5) is 33.0. The van der Waals surface area contributed by atoms with Crippen LogP contribution in [0, 0.1) is 12.8 Å². The molecule has 2 saturated heterocycles. The Morgan fingerprint density at radius 2 is 1.53 bits per heavy atom. The molecule has 5 nitrogen and oxygen atoms in total. The van der Waals surface area contributed by atoms with Crippen molar-refractivity contribution in [3.8, 4) is 11.1 Å². The lowest BCUT2D eigenvalue weighted by atomic mass is 9.76. The first kappa shape index (κ1) is 23.0. The number of rotatable bonds is 5. The molecule has 2 aliphatic heterocycles. The summed E-state index contributed by atoms with van der Waals surface area (Å²) < 4.78 is 6.01. The summed E-state index contributed by atoms with van der Waals surface area (Å²) in [7, 11) is 0. The average Bonchev–Trinajstić information content (AvgIpc) is 3.20. The highest BCUT2D eigenvalue weighted by molar-refractivity contribution is 5.83. The van der Waals surface area contributed by atoms with E-state index in [0.29, 0.717) is 13.0 Å². The zero-order valence-electron chi connectivity index (χ0n) is 20.7. The number of ether oxygens (including phenoxy) is 1. The van der Waals surface area contributed by atoms with Gasteiger partial charge in [-0.2, -0.15) is 0 Å². The van der Waals surface area contributed by atoms with E-state index in [9.17, 15) is 9.59 Å². The van der Waals surface area contributed by atoms with Gasteiger partial charge >= 0.3 is 6.09 Å². The van der Waals surface area contributed by atoms with E-state index in [4.69, 9.17) is 4.74 Å². The van der Waals surface area contributed by atoms with Gasteiger partial charge in [0.25, 0.3) is 0 Å². The lowest BCUT2D eigenvalue weighted by molar-refractivity contribution is -0.126. The van der Waals surface area contributed by atoms with Crippen LogP contribution in [0.3, 0.4) is 0 Å². The van der Waals surface area contributed by atoms with Crippen LogP contribution in [0.25, 0.3) is 11.1 Å². The van der Waals surface area contributed by atoms with Gasteiger partial charge in [-0.25, -0.2) is 4.79 Å². The Kier molecular flexibility index (Phi) is 6.08. The third-order valence-corrected chi connectivity index (χ3v) is 8.28. The highest BCUT2D eigenvalue weighted by Crippen LogP contribution is 2.45. The molecule has 5 heteroatoms. The third kappa shape index (κ3) is 4.21. The standard InChI is InChI=1S/C31H32N2O3/c1-20-8-6-9-22(32-20)18-30(34)21-16-23-10-7-11-24(17-21)33(23)31(35)36-19-29-27-14-4-2-12-25(27)26-13-3-5-15-28(26)29/h2-6,8-9,12-15,21,23-24,29H,7,10-11,16-19H2,1H3. The molecule has 36 heavy (non-hydrogen) atoms. The predicted octanol–water partition coefficient (Wildman–Crippen LogP) is 6.08. The molecule has 1 aromatic heterocycles. The summed E-state index contributed by atoms with van der Waals surface area (Å²) in [6, 6.07) is 22.8. The largest absolute Gasteiger partial charge is 0.448 e. The molecule has 1 amide bonds. The van der Waals surface area contributed by atoms with Gasteiger partial charge in [-0.05, 0) is 73.4 Å². The quantitative estimate of drug-likeness (QED) is 0.444. The van der Waals surface area contributed by atoms with Crippen LogP contribution < -0.4 is 0 Å². The molecule has 1 aliphatic carbocycles. The first-order valence-corrected chi connectivity index (χ1v) is 13.2. The number of pyridine rings is 1. The Morgan fingerprint density at radius 3 is 2.17 bits per heavy atom. The molecule has 0 saturated carbocycles. The van der Waals surface area contributed by atoms with Crippen molar-refractivity contribution in [1.82, 2.24) is 9.88 Å². The summed E-state index contributed by atoms with van der Waals surface area (Å²) in [5.41, 5.74) is 6.68. The average molecular weight is 481 g/mol. The van der Waals surface area contributed by atoms with Gasteiger partial charge in [-0.15, -0.1) is 0 Å². The number of nitrogens with zero attached hydrogens (tertiary/aromatic N) is 2. The molecule has 2 aromatic carbocycles. The molecule has 0 N–H and O–H groups in total. The van der Waals surface area contributed by atoms with Gasteiger partial charge in [0.1, 0.15) is 12.4 Å². The Bertz CT molecular complexity index is 1240. The number of hydrogen-bond donors (Lipinski definition) is 0. The molecular weight excluding hydrogens is 448 g/mol. The van der Waals surface area contributed by atoms with Crippen molar-refractivity contribution in [3.05, 3.63) is 89.2 Å². The first-order chi connectivity index (χ1) is 17.6. The number of piperidine rings is 2. The highest BCUT2D eigenvalue weighted by Gasteiger charge is 2.44. The molecule has 6 rings (SSSR count). The van der Waals surface area contributed by atoms with Crippen LogP contribution in [0.5, 0.6) is 0 Å². The van der Waals surface area contributed by atoms with Gasteiger partial charge in [0.2, 0.25) is 0 Å². The normalized spacial score (nSPS) is 22.6. The van der Waals surface area contributed by atoms with Gasteiger partial charge in [-0.1, -0.05) is 54.6 Å². The van der Waals surface area contributed by atoms with Crippen molar-refractivity contribution < 1.29 is 14.3 Å². The molecule has 2 fully saturated rings. The van der Waals surface area contributed by atoms with E-state index in [0.717, 1.165) is 43.5 Å². The maximum Gasteiger partial charge on any atom is 0.410 e. The summed E-state index contributed by atoms with van der Waals surface area (Å²) in [6.07, 6.45) is 4.58. The number of aromatic nitrogens is 1. The van der Waals surface area contributed by atoms with E-state index < -0.39 is 0 Å². The van der Waals surface area contributed by atoms with Crippen LogP contribution in [-0.4, -0.2) is 40.5 Å². The Morgan fingerprint density at radius 1 is 0.889 bits per heavy atom. The smallest absolute Gasteiger partial charge is 0.410 e. The summed E-state index contributed by atoms with van der Waals surface area (Å²) in [5, 5.41) is 0. The fraction of sp³-hybridized carbons (Fsp3) is 0.387. The predicted molar refractivity (Wildman–Crippen MR) is 139 cm³/mol. The molecule has 184 valence electrons. The fourth-order valence-corrected chi connectivity index (χ4v) is 6.63. The molecule has 2 unspecified atom stereocenters. The molecule has 3 aliphatic rings. The second-order valence-corrected chi connectivity index (χ2v) is 10.5. The van der Waals surface area contributed by atoms with Crippen LogP contribution in [-0.2, 0) is 16.0 Å². The molecule has 2 atom stereocenters. The van der Waals surface area contributed by atoms with E-state index in [1.807, 2.05) is 30.0 Å². The SMILES string of the molecule is Cc1cccc(CC(=O)C2CC3CCCC(C2)N3C(=O)OCC2c3ccccc3-c3ccccc32)n1. The van der Waals surface area contributed by atoms with Gasteiger partial charge in [0, 0.05) is 41.7 Å². The van der Waals surface area contributed by atoms with Gasteiger partial charge in [-0.3, -0.25) is 9.78 Å². The van der Waals surface area contributed by atoms with Crippen molar-refractivity contribution in [3.63, 3.8) is 0 Å². The van der Waals surface area contributed by atoms with Crippen molar-refractivity contribution in [2.24, 2.45) is 5.92 Å². The topological polar surface area (TPSA) is 59.5 Å². The number of carbonyl (C=O) groups is 2. The Balaban J connectivity index is 1.13. The Labute approximate surface area is 212 Å². The minimum Gasteiger partial charge on any atom is -0.448 e. The number of Topliss-reactive ketones (excluding diaryl/α,β-unsaturated/α-hetero) is 1. The number of benzene rings is 2. The Hall–Kier alpha value is -3.47. The van der Waals surface area contributed by atoms with Gasteiger partial charge in [0.05, 0.1) is 0 Å². The molecule has 3 aromatic rings. The molecule has 2 bridgehead atoms. The zero-order chi connectivity index (χ0) is 24.6. The summed E-state index contributed by atoms with van der Waals surface area (Å²) in [5.74, 6) is 0.291. The number of hydrogen-bond acceptors (Lipinski definition) is 4. The number of aryl methyl sites for hydroxylation is 1. The van der Waals surface area contributed by atoms with Crippen LogP contribution in [0.4, 0.5) is 4.79 Å². The van der Waals surface area contributed by atoms with Crippen molar-refractivity contribution >= 4 is 11.9 Å². The number of carbonyl (C=O) groups excluding carboxylic acids is 2. The molecule has 0 radical (unpaired) electrons. The fourth-order valence-electron chi connectivity index (χ4n) is 6.63. The van der Waals surface area contributed by atoms with E-state index in [-0.39, 0.29) is 35.8 Å². The van der Waals surface area contributed by atoms with Crippen LogP contribution in [0.2, 0.25) is 0 Å². The monoisotopic (exact) mass is 480 g/mol. The number of amides is 1. The van der Waals surface area contributed by atoms with Crippen LogP contribution >= 0.6 is 0 Å². The summed E-state index contributed by atoms with van der Waals surface area (Å²) >= 11 is 0. The zero-order valence-corrected chi connectivity index (χ0v) is 20.7. The highest BCUT2D eigenvalue weighted by atomic mass is 16.6. The molecular formula is C31H32N2O3. The minimum absolute atomic E-state index is 0.0137. The summed E-state index contributed by atoms with van der Waals surface area (Å²) in [6.45, 7) is 2.29. The lowest BCUT2D eigenvalue weighted by Gasteiger charge is -2.47. The van der Waals surface area contributed by atoms with E-state index >= 15 is 0 Å². The van der Waals surface area contributed by atoms with Crippen molar-refractivity contribution in [2.45, 2.75) is 63.5 Å². The number of ketones is 1. The molecule has 0 spiro atoms. The first-order valence-electron chi connectivity index (χ1n) is 13.2. The van der Waals surface area contributed by atoms with Crippen molar-refractivity contribution in [1.29, 1.82) is 0 Å². The van der Waals surface area contributed by atoms with Crippen LogP contribution in [0.1, 0.15) is 60.5 Å². The third-order valence-electron chi connectivity index (χ3n) is 8.28. The molecule has 3 heterocycles.